The maximum Gasteiger partial charge on any atom is 0.226 e. The van der Waals surface area contributed by atoms with Crippen LogP contribution in [0, 0.1) is 6.92 Å². The van der Waals surface area contributed by atoms with E-state index in [0.717, 1.165) is 41.4 Å². The third kappa shape index (κ3) is 4.06. The number of fused-ring (bicyclic) bond motifs is 1. The molecule has 0 amide bonds. The monoisotopic (exact) mass is 306 g/mol. The highest BCUT2D eigenvalue weighted by Gasteiger charge is 2.13. The lowest BCUT2D eigenvalue weighted by atomic mass is 10.1. The summed E-state index contributed by atoms with van der Waals surface area (Å²) >= 11 is 1.73. The van der Waals surface area contributed by atoms with Crippen LogP contribution in [-0.2, 0) is 0 Å². The fourth-order valence-electron chi connectivity index (χ4n) is 2.39. The first-order chi connectivity index (χ1) is 10.2. The Morgan fingerprint density at radius 3 is 2.67 bits per heavy atom. The zero-order valence-electron chi connectivity index (χ0n) is 13.5. The largest absolute Gasteiger partial charge is 0.367 e. The van der Waals surface area contributed by atoms with Crippen LogP contribution < -0.4 is 10.6 Å². The Morgan fingerprint density at radius 2 is 2.00 bits per heavy atom. The molecule has 2 heterocycles. The van der Waals surface area contributed by atoms with Crippen molar-refractivity contribution in [3.05, 3.63) is 10.9 Å². The van der Waals surface area contributed by atoms with Gasteiger partial charge < -0.3 is 10.6 Å². The van der Waals surface area contributed by atoms with Gasteiger partial charge in [-0.05, 0) is 32.3 Å². The van der Waals surface area contributed by atoms with Gasteiger partial charge in [-0.1, -0.05) is 27.2 Å². The van der Waals surface area contributed by atoms with E-state index in [1.165, 1.54) is 17.7 Å². The van der Waals surface area contributed by atoms with Gasteiger partial charge in [-0.3, -0.25) is 0 Å². The molecule has 2 aromatic heterocycles. The van der Waals surface area contributed by atoms with E-state index in [1.807, 2.05) is 0 Å². The van der Waals surface area contributed by atoms with Crippen molar-refractivity contribution in [2.24, 2.45) is 0 Å². The van der Waals surface area contributed by atoms with Crippen molar-refractivity contribution < 1.29 is 0 Å². The molecule has 2 rings (SSSR count). The number of aromatic nitrogens is 2. The average molecular weight is 306 g/mol. The number of anilines is 2. The van der Waals surface area contributed by atoms with Crippen molar-refractivity contribution >= 4 is 33.3 Å². The SMILES string of the molecule is CCCNc1nc(NC(CC)CCC)c2cc(C)sc2n1. The van der Waals surface area contributed by atoms with Crippen LogP contribution in [0.5, 0.6) is 0 Å². The molecule has 21 heavy (non-hydrogen) atoms. The first-order valence-electron chi connectivity index (χ1n) is 7.96. The Kier molecular flexibility index (Phi) is 5.79. The molecule has 0 bridgehead atoms. The number of thiophene rings is 1. The zero-order chi connectivity index (χ0) is 15.2. The smallest absolute Gasteiger partial charge is 0.226 e. The number of hydrogen-bond donors (Lipinski definition) is 2. The van der Waals surface area contributed by atoms with Gasteiger partial charge in [0.15, 0.2) is 0 Å². The molecule has 0 saturated heterocycles. The molecule has 0 spiro atoms. The van der Waals surface area contributed by atoms with Crippen molar-refractivity contribution in [1.82, 2.24) is 9.97 Å². The lowest BCUT2D eigenvalue weighted by Crippen LogP contribution is -2.19. The lowest BCUT2D eigenvalue weighted by molar-refractivity contribution is 0.621. The van der Waals surface area contributed by atoms with E-state index in [1.54, 1.807) is 11.3 Å². The Hall–Kier alpha value is -1.36. The zero-order valence-corrected chi connectivity index (χ0v) is 14.3. The first-order valence-corrected chi connectivity index (χ1v) is 8.78. The molecule has 1 unspecified atom stereocenters. The van der Waals surface area contributed by atoms with Gasteiger partial charge in [-0.25, -0.2) is 4.98 Å². The molecule has 5 heteroatoms. The summed E-state index contributed by atoms with van der Waals surface area (Å²) in [4.78, 5) is 11.7. The normalized spacial score (nSPS) is 12.6. The highest BCUT2D eigenvalue weighted by atomic mass is 32.1. The fraction of sp³-hybridized carbons (Fsp3) is 0.625. The fourth-order valence-corrected chi connectivity index (χ4v) is 3.27. The topological polar surface area (TPSA) is 49.8 Å². The molecule has 0 radical (unpaired) electrons. The number of nitrogens with one attached hydrogen (secondary N) is 2. The summed E-state index contributed by atoms with van der Waals surface area (Å²) < 4.78 is 0. The molecule has 0 aliphatic rings. The molecule has 0 fully saturated rings. The molecule has 1 atom stereocenters. The summed E-state index contributed by atoms with van der Waals surface area (Å²) in [5.74, 6) is 1.71. The maximum absolute atomic E-state index is 4.70. The summed E-state index contributed by atoms with van der Waals surface area (Å²) in [6.45, 7) is 9.62. The van der Waals surface area contributed by atoms with Crippen LogP contribution in [0.15, 0.2) is 6.07 Å². The summed E-state index contributed by atoms with van der Waals surface area (Å²) in [6.07, 6.45) is 4.54. The molecule has 0 saturated carbocycles. The van der Waals surface area contributed by atoms with Crippen LogP contribution in [0.25, 0.3) is 10.2 Å². The van der Waals surface area contributed by atoms with Crippen molar-refractivity contribution in [1.29, 1.82) is 0 Å². The minimum Gasteiger partial charge on any atom is -0.367 e. The van der Waals surface area contributed by atoms with E-state index in [2.05, 4.69) is 49.4 Å². The van der Waals surface area contributed by atoms with E-state index in [0.29, 0.717) is 6.04 Å². The maximum atomic E-state index is 4.70. The highest BCUT2D eigenvalue weighted by Crippen LogP contribution is 2.30. The molecule has 4 nitrogen and oxygen atoms in total. The van der Waals surface area contributed by atoms with Crippen molar-refractivity contribution in [2.75, 3.05) is 17.2 Å². The third-order valence-corrected chi connectivity index (χ3v) is 4.46. The first kappa shape index (κ1) is 16.0. The minimum absolute atomic E-state index is 0.479. The summed E-state index contributed by atoms with van der Waals surface area (Å²) in [7, 11) is 0. The van der Waals surface area contributed by atoms with Gasteiger partial charge in [0.1, 0.15) is 10.6 Å². The Balaban J connectivity index is 2.33. The van der Waals surface area contributed by atoms with E-state index in [-0.39, 0.29) is 0 Å². The minimum atomic E-state index is 0.479. The standard InChI is InChI=1S/C16H26N4S/c1-5-8-12(7-3)18-14-13-10-11(4)21-15(13)20-16(19-14)17-9-6-2/h10,12H,5-9H2,1-4H3,(H2,17,18,19,20). The number of aryl methyl sites for hydroxylation is 1. The lowest BCUT2D eigenvalue weighted by Gasteiger charge is -2.18. The van der Waals surface area contributed by atoms with Crippen LogP contribution in [-0.4, -0.2) is 22.6 Å². The van der Waals surface area contributed by atoms with Crippen LogP contribution >= 0.6 is 11.3 Å². The van der Waals surface area contributed by atoms with Gasteiger partial charge >= 0.3 is 0 Å². The average Bonchev–Trinajstić information content (AvgIpc) is 2.85. The summed E-state index contributed by atoms with van der Waals surface area (Å²) in [5, 5.41) is 8.07. The molecule has 2 aromatic rings. The van der Waals surface area contributed by atoms with Gasteiger partial charge in [-0.2, -0.15) is 4.98 Å². The second-order valence-electron chi connectivity index (χ2n) is 5.44. The van der Waals surface area contributed by atoms with Gasteiger partial charge in [0.2, 0.25) is 5.95 Å². The second kappa shape index (κ2) is 7.59. The van der Waals surface area contributed by atoms with Crippen LogP contribution in [0.4, 0.5) is 11.8 Å². The number of nitrogens with zero attached hydrogens (tertiary/aromatic N) is 2. The third-order valence-electron chi connectivity index (χ3n) is 3.52. The van der Waals surface area contributed by atoms with E-state index < -0.39 is 0 Å². The predicted octanol–water partition coefficient (Wildman–Crippen LogP) is 4.81. The van der Waals surface area contributed by atoms with Crippen LogP contribution in [0.2, 0.25) is 0 Å². The van der Waals surface area contributed by atoms with E-state index in [9.17, 15) is 0 Å². The molecule has 2 N–H and O–H groups in total. The van der Waals surface area contributed by atoms with E-state index in [4.69, 9.17) is 4.98 Å². The Morgan fingerprint density at radius 1 is 1.19 bits per heavy atom. The molecule has 0 aliphatic heterocycles. The molecule has 0 aromatic carbocycles. The van der Waals surface area contributed by atoms with Gasteiger partial charge in [0.25, 0.3) is 0 Å². The Bertz CT molecular complexity index is 579. The Labute approximate surface area is 131 Å². The second-order valence-corrected chi connectivity index (χ2v) is 6.67. The number of rotatable bonds is 8. The van der Waals surface area contributed by atoms with Crippen molar-refractivity contribution in [2.45, 2.75) is 59.4 Å². The van der Waals surface area contributed by atoms with Gasteiger partial charge in [0.05, 0.1) is 5.39 Å². The van der Waals surface area contributed by atoms with Gasteiger partial charge in [0, 0.05) is 17.5 Å². The highest BCUT2D eigenvalue weighted by molar-refractivity contribution is 7.18. The van der Waals surface area contributed by atoms with Crippen molar-refractivity contribution in [3.8, 4) is 0 Å². The summed E-state index contributed by atoms with van der Waals surface area (Å²) in [6, 6.07) is 2.66. The van der Waals surface area contributed by atoms with Crippen LogP contribution in [0.1, 0.15) is 51.3 Å². The van der Waals surface area contributed by atoms with E-state index >= 15 is 0 Å². The molecular weight excluding hydrogens is 280 g/mol. The summed E-state index contributed by atoms with van der Waals surface area (Å²) in [5.41, 5.74) is 0. The number of hydrogen-bond acceptors (Lipinski definition) is 5. The van der Waals surface area contributed by atoms with Crippen LogP contribution in [0.3, 0.4) is 0 Å². The molecule has 0 aliphatic carbocycles. The van der Waals surface area contributed by atoms with Crippen molar-refractivity contribution in [3.63, 3.8) is 0 Å². The van der Waals surface area contributed by atoms with Gasteiger partial charge in [-0.15, -0.1) is 11.3 Å². The quantitative estimate of drug-likeness (QED) is 0.734. The molecular formula is C16H26N4S. The predicted molar refractivity (Wildman–Crippen MR) is 93.5 cm³/mol. The molecule has 116 valence electrons.